The minimum absolute atomic E-state index is 0.368. The molecule has 0 spiro atoms. The van der Waals surface area contributed by atoms with E-state index in [0.717, 1.165) is 11.3 Å². The van der Waals surface area contributed by atoms with Crippen molar-refractivity contribution in [2.45, 2.75) is 6.92 Å². The van der Waals surface area contributed by atoms with Crippen molar-refractivity contribution in [1.82, 2.24) is 9.97 Å². The smallest absolute Gasteiger partial charge is 0.159 e. The van der Waals surface area contributed by atoms with Crippen molar-refractivity contribution in [2.75, 3.05) is 30.6 Å². The Morgan fingerprint density at radius 1 is 0.963 bits per heavy atom. The molecule has 7 nitrogen and oxygen atoms in total. The van der Waals surface area contributed by atoms with Crippen molar-refractivity contribution >= 4 is 40.3 Å². The van der Waals surface area contributed by atoms with Gasteiger partial charge in [-0.25, -0.2) is 9.97 Å². The zero-order valence-corrected chi connectivity index (χ0v) is 16.0. The number of hydrogen-bond donors (Lipinski definition) is 3. The maximum Gasteiger partial charge on any atom is 0.159 e. The minimum atomic E-state index is 0.368. The molecule has 1 heterocycles. The van der Waals surface area contributed by atoms with Gasteiger partial charge in [0.25, 0.3) is 0 Å². The molecule has 0 atom stereocenters. The molecule has 0 aliphatic carbocycles. The van der Waals surface area contributed by atoms with Crippen LogP contribution in [0.2, 0.25) is 5.02 Å². The van der Waals surface area contributed by atoms with Crippen LogP contribution in [0.4, 0.5) is 28.7 Å². The Morgan fingerprint density at radius 3 is 2.37 bits per heavy atom. The highest BCUT2D eigenvalue weighted by molar-refractivity contribution is 6.31. The zero-order chi connectivity index (χ0) is 19.4. The van der Waals surface area contributed by atoms with Gasteiger partial charge < -0.3 is 25.8 Å². The molecule has 0 radical (unpaired) electrons. The Hall–Kier alpha value is -3.19. The third-order valence-electron chi connectivity index (χ3n) is 3.98. The van der Waals surface area contributed by atoms with Crippen molar-refractivity contribution < 1.29 is 9.47 Å². The molecule has 0 unspecified atom stereocenters. The van der Waals surface area contributed by atoms with E-state index in [-0.39, 0.29) is 0 Å². The number of ether oxygens (including phenoxy) is 2. The number of aryl methyl sites for hydroxylation is 1. The number of benzene rings is 2. The largest absolute Gasteiger partial charge is 0.497 e. The van der Waals surface area contributed by atoms with Crippen LogP contribution in [0.1, 0.15) is 5.56 Å². The highest BCUT2D eigenvalue weighted by Crippen LogP contribution is 2.34. The van der Waals surface area contributed by atoms with Gasteiger partial charge in [-0.1, -0.05) is 17.7 Å². The van der Waals surface area contributed by atoms with E-state index >= 15 is 0 Å². The van der Waals surface area contributed by atoms with Crippen molar-refractivity contribution in [1.29, 1.82) is 0 Å². The molecular weight excluding hydrogens is 366 g/mol. The predicted molar refractivity (Wildman–Crippen MR) is 109 cm³/mol. The van der Waals surface area contributed by atoms with Crippen LogP contribution in [0.15, 0.2) is 42.7 Å². The lowest BCUT2D eigenvalue weighted by Crippen LogP contribution is -2.06. The zero-order valence-electron chi connectivity index (χ0n) is 15.2. The molecular formula is C19H20ClN5O2. The number of nitrogens with two attached hydrogens (primary N) is 1. The number of rotatable bonds is 6. The molecule has 0 aliphatic heterocycles. The summed E-state index contributed by atoms with van der Waals surface area (Å²) in [4.78, 5) is 8.44. The topological polar surface area (TPSA) is 94.3 Å². The predicted octanol–water partition coefficient (Wildman–Crippen LogP) is 4.53. The van der Waals surface area contributed by atoms with Gasteiger partial charge in [-0.05, 0) is 36.8 Å². The third kappa shape index (κ3) is 4.15. The fourth-order valence-electron chi connectivity index (χ4n) is 2.43. The molecule has 3 rings (SSSR count). The lowest BCUT2D eigenvalue weighted by atomic mass is 10.2. The molecule has 0 aliphatic rings. The fraction of sp³-hybridized carbons (Fsp3) is 0.158. The molecule has 0 saturated heterocycles. The van der Waals surface area contributed by atoms with Gasteiger partial charge in [0, 0.05) is 16.8 Å². The summed E-state index contributed by atoms with van der Waals surface area (Å²) < 4.78 is 10.6. The van der Waals surface area contributed by atoms with Crippen LogP contribution in [0, 0.1) is 6.92 Å². The first-order valence-corrected chi connectivity index (χ1v) is 8.52. The monoisotopic (exact) mass is 385 g/mol. The van der Waals surface area contributed by atoms with Crippen LogP contribution < -0.4 is 25.8 Å². The molecule has 140 valence electrons. The van der Waals surface area contributed by atoms with Crippen LogP contribution in [0.25, 0.3) is 0 Å². The van der Waals surface area contributed by atoms with E-state index in [4.69, 9.17) is 26.8 Å². The Bertz CT molecular complexity index is 965. The van der Waals surface area contributed by atoms with Gasteiger partial charge in [-0.15, -0.1) is 0 Å². The number of nitrogens with one attached hydrogen (secondary N) is 2. The van der Waals surface area contributed by atoms with Crippen LogP contribution in [-0.4, -0.2) is 24.2 Å². The molecule has 8 heteroatoms. The Balaban J connectivity index is 1.88. The summed E-state index contributed by atoms with van der Waals surface area (Å²) in [5.41, 5.74) is 9.09. The summed E-state index contributed by atoms with van der Waals surface area (Å²) >= 11 is 6.18. The molecule has 2 aromatic carbocycles. The highest BCUT2D eigenvalue weighted by Gasteiger charge is 2.12. The van der Waals surface area contributed by atoms with Crippen LogP contribution in [0.5, 0.6) is 11.5 Å². The summed E-state index contributed by atoms with van der Waals surface area (Å²) in [5, 5.41) is 6.99. The first-order chi connectivity index (χ1) is 13.0. The SMILES string of the molecule is COc1ccc(Nc2ncnc(Nc3ccc(C)c(Cl)c3)c2N)c(OC)c1. The van der Waals surface area contributed by atoms with Crippen LogP contribution >= 0.6 is 11.6 Å². The van der Waals surface area contributed by atoms with Gasteiger partial charge in [0.15, 0.2) is 11.6 Å². The second-order valence-corrected chi connectivity index (χ2v) is 6.17. The fourth-order valence-corrected chi connectivity index (χ4v) is 2.61. The summed E-state index contributed by atoms with van der Waals surface area (Å²) in [5.74, 6) is 2.22. The Labute approximate surface area is 162 Å². The quantitative estimate of drug-likeness (QED) is 0.574. The highest BCUT2D eigenvalue weighted by atomic mass is 35.5. The molecule has 4 N–H and O–H groups in total. The van der Waals surface area contributed by atoms with Gasteiger partial charge in [0.1, 0.15) is 23.5 Å². The normalized spacial score (nSPS) is 10.4. The maximum absolute atomic E-state index is 6.25. The average molecular weight is 386 g/mol. The number of methoxy groups -OCH3 is 2. The van der Waals surface area contributed by atoms with Crippen LogP contribution in [0.3, 0.4) is 0 Å². The standard InChI is InChI=1S/C19H20ClN5O2/c1-11-4-5-12(8-14(11)20)24-18-17(21)19(23-10-22-18)25-15-7-6-13(26-2)9-16(15)27-3/h4-10H,21H2,1-3H3,(H2,22,23,24,25). The number of hydrogen-bond acceptors (Lipinski definition) is 7. The van der Waals surface area contributed by atoms with E-state index in [9.17, 15) is 0 Å². The van der Waals surface area contributed by atoms with E-state index in [1.54, 1.807) is 20.3 Å². The number of nitrogens with zero attached hydrogens (tertiary/aromatic N) is 2. The molecule has 3 aromatic rings. The molecule has 27 heavy (non-hydrogen) atoms. The van der Waals surface area contributed by atoms with E-state index in [1.807, 2.05) is 37.3 Å². The third-order valence-corrected chi connectivity index (χ3v) is 4.39. The van der Waals surface area contributed by atoms with Gasteiger partial charge in [-0.2, -0.15) is 0 Å². The van der Waals surface area contributed by atoms with Crippen molar-refractivity contribution in [2.24, 2.45) is 0 Å². The first kappa shape index (κ1) is 18.6. The van der Waals surface area contributed by atoms with Gasteiger partial charge in [-0.3, -0.25) is 0 Å². The Morgan fingerprint density at radius 2 is 1.70 bits per heavy atom. The number of aromatic nitrogens is 2. The molecule has 0 bridgehead atoms. The van der Waals surface area contributed by atoms with E-state index in [2.05, 4.69) is 20.6 Å². The van der Waals surface area contributed by atoms with Gasteiger partial charge in [0.2, 0.25) is 0 Å². The second kappa shape index (κ2) is 8.01. The summed E-state index contributed by atoms with van der Waals surface area (Å²) in [6.07, 6.45) is 1.42. The Kier molecular flexibility index (Phi) is 5.52. The maximum atomic E-state index is 6.25. The molecule has 1 aromatic heterocycles. The van der Waals surface area contributed by atoms with Crippen molar-refractivity contribution in [3.8, 4) is 11.5 Å². The lowest BCUT2D eigenvalue weighted by molar-refractivity contribution is 0.395. The van der Waals surface area contributed by atoms with Gasteiger partial charge in [0.05, 0.1) is 19.9 Å². The van der Waals surface area contributed by atoms with E-state index in [0.29, 0.717) is 39.5 Å². The number of halogens is 1. The average Bonchev–Trinajstić information content (AvgIpc) is 2.68. The summed E-state index contributed by atoms with van der Waals surface area (Å²) in [6, 6.07) is 11.1. The van der Waals surface area contributed by atoms with Crippen LogP contribution in [-0.2, 0) is 0 Å². The second-order valence-electron chi connectivity index (χ2n) is 5.76. The van der Waals surface area contributed by atoms with Gasteiger partial charge >= 0.3 is 0 Å². The summed E-state index contributed by atoms with van der Waals surface area (Å²) in [7, 11) is 3.18. The number of nitrogen functional groups attached to an aromatic ring is 1. The molecule has 0 fully saturated rings. The van der Waals surface area contributed by atoms with E-state index < -0.39 is 0 Å². The minimum Gasteiger partial charge on any atom is -0.497 e. The molecule has 0 saturated carbocycles. The lowest BCUT2D eigenvalue weighted by Gasteiger charge is -2.15. The van der Waals surface area contributed by atoms with E-state index in [1.165, 1.54) is 6.33 Å². The summed E-state index contributed by atoms with van der Waals surface area (Å²) in [6.45, 7) is 1.94. The van der Waals surface area contributed by atoms with Crippen molar-refractivity contribution in [3.05, 3.63) is 53.3 Å². The first-order valence-electron chi connectivity index (χ1n) is 8.14. The van der Waals surface area contributed by atoms with Crippen molar-refractivity contribution in [3.63, 3.8) is 0 Å². The molecule has 0 amide bonds. The number of anilines is 5.